The van der Waals surface area contributed by atoms with E-state index in [0.29, 0.717) is 5.82 Å². The molecule has 0 radical (unpaired) electrons. The summed E-state index contributed by atoms with van der Waals surface area (Å²) in [6.45, 7) is 1.84. The van der Waals surface area contributed by atoms with Gasteiger partial charge in [0.1, 0.15) is 5.82 Å². The van der Waals surface area contributed by atoms with Crippen molar-refractivity contribution < 1.29 is 22.7 Å². The zero-order valence-corrected chi connectivity index (χ0v) is 17.1. The standard InChI is InChI=1S/C17H18F3N5O2.HI/c1-11-5-4-8-14(23-11)25-15(26)9-10-22-16(21)24-12-6-2-3-7-13(12)27-17(18,19)20;/h2-8H,9-10H2,1H3,(H3,21,22,24)(H,23,25,26);1H. The molecule has 0 fully saturated rings. The number of aryl methyl sites for hydroxylation is 1. The lowest BCUT2D eigenvalue weighted by molar-refractivity contribution is -0.274. The summed E-state index contributed by atoms with van der Waals surface area (Å²) >= 11 is 0. The maximum absolute atomic E-state index is 12.4. The number of nitrogens with zero attached hydrogens (tertiary/aromatic N) is 2. The Balaban J connectivity index is 0.00000392. The summed E-state index contributed by atoms with van der Waals surface area (Å²) in [7, 11) is 0. The smallest absolute Gasteiger partial charge is 0.404 e. The monoisotopic (exact) mass is 509 g/mol. The van der Waals surface area contributed by atoms with E-state index in [1.165, 1.54) is 18.2 Å². The van der Waals surface area contributed by atoms with Crippen LogP contribution in [-0.4, -0.2) is 29.8 Å². The zero-order valence-electron chi connectivity index (χ0n) is 14.8. The normalized spacial score (nSPS) is 11.4. The summed E-state index contributed by atoms with van der Waals surface area (Å²) in [4.78, 5) is 19.9. The average Bonchev–Trinajstić information content (AvgIpc) is 2.55. The second kappa shape index (κ2) is 10.7. The summed E-state index contributed by atoms with van der Waals surface area (Å²) in [5, 5.41) is 5.14. The van der Waals surface area contributed by atoms with E-state index >= 15 is 0 Å². The van der Waals surface area contributed by atoms with Crippen LogP contribution in [0.2, 0.25) is 0 Å². The molecule has 0 atom stereocenters. The Morgan fingerprint density at radius 1 is 1.18 bits per heavy atom. The molecule has 28 heavy (non-hydrogen) atoms. The SMILES string of the molecule is Cc1cccc(NC(=O)CCN=C(N)Nc2ccccc2OC(F)(F)F)n1.I. The Bertz CT molecular complexity index is 830. The van der Waals surface area contributed by atoms with Crippen LogP contribution >= 0.6 is 24.0 Å². The number of carbonyl (C=O) groups excluding carboxylic acids is 1. The predicted octanol–water partition coefficient (Wildman–Crippen LogP) is 3.66. The number of anilines is 2. The minimum Gasteiger partial charge on any atom is -0.404 e. The molecule has 0 spiro atoms. The maximum Gasteiger partial charge on any atom is 0.573 e. The van der Waals surface area contributed by atoms with Crippen LogP contribution in [0.3, 0.4) is 0 Å². The number of ether oxygens (including phenoxy) is 1. The summed E-state index contributed by atoms with van der Waals surface area (Å²) < 4.78 is 41.1. The summed E-state index contributed by atoms with van der Waals surface area (Å²) in [6.07, 6.45) is -4.80. The average molecular weight is 509 g/mol. The van der Waals surface area contributed by atoms with Crippen LogP contribution in [0.25, 0.3) is 0 Å². The van der Waals surface area contributed by atoms with Crippen molar-refractivity contribution in [2.24, 2.45) is 10.7 Å². The van der Waals surface area contributed by atoms with Crippen molar-refractivity contribution in [1.29, 1.82) is 0 Å². The molecule has 2 rings (SSSR count). The van der Waals surface area contributed by atoms with Crippen LogP contribution in [0.1, 0.15) is 12.1 Å². The van der Waals surface area contributed by atoms with E-state index in [2.05, 4.69) is 25.3 Å². The van der Waals surface area contributed by atoms with Gasteiger partial charge in [-0.1, -0.05) is 18.2 Å². The molecule has 0 saturated heterocycles. The first-order valence-corrected chi connectivity index (χ1v) is 7.88. The molecule has 0 aliphatic carbocycles. The number of aliphatic imine (C=N–C) groups is 1. The molecule has 0 aliphatic rings. The van der Waals surface area contributed by atoms with Gasteiger partial charge in [0.05, 0.1) is 12.2 Å². The number of rotatable bonds is 6. The maximum atomic E-state index is 12.4. The van der Waals surface area contributed by atoms with Gasteiger partial charge in [-0.2, -0.15) is 0 Å². The van der Waals surface area contributed by atoms with Crippen molar-refractivity contribution in [3.05, 3.63) is 48.2 Å². The highest BCUT2D eigenvalue weighted by molar-refractivity contribution is 14.0. The largest absolute Gasteiger partial charge is 0.573 e. The molecule has 7 nitrogen and oxygen atoms in total. The van der Waals surface area contributed by atoms with Crippen molar-refractivity contribution in [3.63, 3.8) is 0 Å². The predicted molar refractivity (Wildman–Crippen MR) is 111 cm³/mol. The Hall–Kier alpha value is -2.57. The molecule has 1 aromatic heterocycles. The zero-order chi connectivity index (χ0) is 19.9. The van der Waals surface area contributed by atoms with Crippen LogP contribution in [0, 0.1) is 6.92 Å². The molecule has 0 aliphatic heterocycles. The number of carbonyl (C=O) groups is 1. The van der Waals surface area contributed by atoms with Gasteiger partial charge in [-0.05, 0) is 31.2 Å². The number of hydrogen-bond acceptors (Lipinski definition) is 4. The molecular formula is C17H19F3IN5O2. The van der Waals surface area contributed by atoms with Crippen LogP contribution in [0.5, 0.6) is 5.75 Å². The number of guanidine groups is 1. The van der Waals surface area contributed by atoms with Gasteiger partial charge in [0.15, 0.2) is 11.7 Å². The molecule has 2 aromatic rings. The number of aromatic nitrogens is 1. The second-order valence-electron chi connectivity index (χ2n) is 5.40. The van der Waals surface area contributed by atoms with Gasteiger partial charge in [0.25, 0.3) is 0 Å². The molecule has 152 valence electrons. The fraction of sp³-hybridized carbons (Fsp3) is 0.235. The molecule has 0 bridgehead atoms. The van der Waals surface area contributed by atoms with E-state index in [0.717, 1.165) is 11.8 Å². The van der Waals surface area contributed by atoms with Crippen LogP contribution in [0.15, 0.2) is 47.5 Å². The Labute approximate surface area is 176 Å². The number of pyridine rings is 1. The number of benzene rings is 1. The second-order valence-corrected chi connectivity index (χ2v) is 5.40. The fourth-order valence-electron chi connectivity index (χ4n) is 2.06. The lowest BCUT2D eigenvalue weighted by atomic mass is 10.3. The summed E-state index contributed by atoms with van der Waals surface area (Å²) in [6, 6.07) is 10.6. The minimum atomic E-state index is -4.83. The molecule has 0 saturated carbocycles. The van der Waals surface area contributed by atoms with Crippen molar-refractivity contribution in [3.8, 4) is 5.75 Å². The third-order valence-corrected chi connectivity index (χ3v) is 3.15. The van der Waals surface area contributed by atoms with Gasteiger partial charge in [0, 0.05) is 12.1 Å². The van der Waals surface area contributed by atoms with Crippen molar-refractivity contribution >= 4 is 47.3 Å². The number of nitrogens with two attached hydrogens (primary N) is 1. The molecular weight excluding hydrogens is 490 g/mol. The van der Waals surface area contributed by atoms with E-state index in [4.69, 9.17) is 5.73 Å². The Morgan fingerprint density at radius 2 is 1.89 bits per heavy atom. The number of alkyl halides is 3. The van der Waals surface area contributed by atoms with Gasteiger partial charge < -0.3 is 21.1 Å². The fourth-order valence-corrected chi connectivity index (χ4v) is 2.06. The lowest BCUT2D eigenvalue weighted by Gasteiger charge is -2.14. The highest BCUT2D eigenvalue weighted by Gasteiger charge is 2.32. The topological polar surface area (TPSA) is 102 Å². The van der Waals surface area contributed by atoms with Gasteiger partial charge in [-0.25, -0.2) is 4.98 Å². The molecule has 11 heteroatoms. The highest BCUT2D eigenvalue weighted by atomic mass is 127. The quantitative estimate of drug-likeness (QED) is 0.314. The Morgan fingerprint density at radius 3 is 2.57 bits per heavy atom. The van der Waals surface area contributed by atoms with Crippen molar-refractivity contribution in [2.45, 2.75) is 19.7 Å². The molecule has 1 heterocycles. The summed E-state index contributed by atoms with van der Waals surface area (Å²) in [5.41, 5.74) is 6.42. The van der Waals surface area contributed by atoms with Crippen LogP contribution in [-0.2, 0) is 4.79 Å². The Kier molecular flexibility index (Phi) is 8.96. The van der Waals surface area contributed by atoms with Crippen LogP contribution < -0.4 is 21.1 Å². The summed E-state index contributed by atoms with van der Waals surface area (Å²) in [5.74, 6) is -0.472. The number of para-hydroxylation sites is 2. The third-order valence-electron chi connectivity index (χ3n) is 3.15. The first-order chi connectivity index (χ1) is 12.7. The van der Waals surface area contributed by atoms with E-state index in [1.54, 1.807) is 25.1 Å². The number of nitrogens with one attached hydrogen (secondary N) is 2. The van der Waals surface area contributed by atoms with Crippen molar-refractivity contribution in [2.75, 3.05) is 17.2 Å². The number of amides is 1. The van der Waals surface area contributed by atoms with Gasteiger partial charge in [0.2, 0.25) is 5.91 Å². The van der Waals surface area contributed by atoms with E-state index in [-0.39, 0.29) is 54.5 Å². The molecule has 1 amide bonds. The molecule has 4 N–H and O–H groups in total. The van der Waals surface area contributed by atoms with Crippen LogP contribution in [0.4, 0.5) is 24.7 Å². The van der Waals surface area contributed by atoms with Gasteiger partial charge >= 0.3 is 6.36 Å². The number of hydrogen-bond donors (Lipinski definition) is 3. The molecule has 0 unspecified atom stereocenters. The third kappa shape index (κ3) is 8.41. The van der Waals surface area contributed by atoms with Gasteiger partial charge in [-0.3, -0.25) is 9.79 Å². The lowest BCUT2D eigenvalue weighted by Crippen LogP contribution is -2.25. The van der Waals surface area contributed by atoms with E-state index in [9.17, 15) is 18.0 Å². The molecule has 1 aromatic carbocycles. The highest BCUT2D eigenvalue weighted by Crippen LogP contribution is 2.29. The first kappa shape index (κ1) is 23.5. The number of halogens is 4. The van der Waals surface area contributed by atoms with E-state index in [1.807, 2.05) is 0 Å². The van der Waals surface area contributed by atoms with Gasteiger partial charge in [-0.15, -0.1) is 37.1 Å². The first-order valence-electron chi connectivity index (χ1n) is 7.88. The minimum absolute atomic E-state index is 0. The van der Waals surface area contributed by atoms with Crippen molar-refractivity contribution in [1.82, 2.24) is 4.98 Å². The van der Waals surface area contributed by atoms with E-state index < -0.39 is 12.1 Å².